The molecule has 21 heavy (non-hydrogen) atoms. The van der Waals surface area contributed by atoms with Gasteiger partial charge in [0, 0.05) is 12.2 Å². The van der Waals surface area contributed by atoms with E-state index >= 15 is 0 Å². The maximum Gasteiger partial charge on any atom is 0.161 e. The predicted octanol–water partition coefficient (Wildman–Crippen LogP) is 4.40. The Bertz CT molecular complexity index is 564. The Labute approximate surface area is 126 Å². The number of methoxy groups -OCH3 is 1. The molecule has 0 amide bonds. The third-order valence-electron chi connectivity index (χ3n) is 3.24. The Morgan fingerprint density at radius 3 is 2.43 bits per heavy atom. The van der Waals surface area contributed by atoms with Crippen LogP contribution in [0.4, 0.5) is 5.69 Å². The van der Waals surface area contributed by atoms with Crippen molar-refractivity contribution in [1.29, 1.82) is 0 Å². The fraction of sp³-hybridized carbons (Fsp3) is 0.333. The van der Waals surface area contributed by atoms with Gasteiger partial charge in [-0.2, -0.15) is 0 Å². The first-order valence-corrected chi connectivity index (χ1v) is 7.33. The topological polar surface area (TPSA) is 30.5 Å². The van der Waals surface area contributed by atoms with E-state index in [0.717, 1.165) is 30.2 Å². The number of rotatable bonds is 7. The predicted molar refractivity (Wildman–Crippen MR) is 87.3 cm³/mol. The first-order valence-electron chi connectivity index (χ1n) is 7.33. The summed E-state index contributed by atoms with van der Waals surface area (Å²) in [4.78, 5) is 0. The number of hydrogen-bond donors (Lipinski definition) is 1. The molecular weight excluding hydrogens is 262 g/mol. The van der Waals surface area contributed by atoms with Crippen molar-refractivity contribution in [3.63, 3.8) is 0 Å². The molecule has 2 aromatic carbocycles. The van der Waals surface area contributed by atoms with Crippen LogP contribution in [-0.4, -0.2) is 13.7 Å². The van der Waals surface area contributed by atoms with Crippen molar-refractivity contribution in [2.45, 2.75) is 26.8 Å². The van der Waals surface area contributed by atoms with Gasteiger partial charge in [0.05, 0.1) is 13.7 Å². The fourth-order valence-electron chi connectivity index (χ4n) is 2.03. The summed E-state index contributed by atoms with van der Waals surface area (Å²) >= 11 is 0. The van der Waals surface area contributed by atoms with E-state index in [2.05, 4.69) is 49.5 Å². The zero-order valence-electron chi connectivity index (χ0n) is 13.0. The van der Waals surface area contributed by atoms with Crippen LogP contribution in [0.2, 0.25) is 0 Å². The summed E-state index contributed by atoms with van der Waals surface area (Å²) in [6, 6.07) is 14.4. The third kappa shape index (κ3) is 4.42. The third-order valence-corrected chi connectivity index (χ3v) is 3.24. The molecule has 112 valence electrons. The Morgan fingerprint density at radius 1 is 1.00 bits per heavy atom. The van der Waals surface area contributed by atoms with Crippen molar-refractivity contribution in [3.05, 3.63) is 53.6 Å². The lowest BCUT2D eigenvalue weighted by molar-refractivity contribution is 0.294. The van der Waals surface area contributed by atoms with Gasteiger partial charge in [-0.05, 0) is 43.2 Å². The molecule has 0 aromatic heterocycles. The van der Waals surface area contributed by atoms with E-state index < -0.39 is 0 Å². The van der Waals surface area contributed by atoms with Crippen molar-refractivity contribution in [3.8, 4) is 11.5 Å². The van der Waals surface area contributed by atoms with Crippen LogP contribution in [0.5, 0.6) is 11.5 Å². The molecule has 0 heterocycles. The molecule has 3 heteroatoms. The zero-order valence-corrected chi connectivity index (χ0v) is 13.0. The van der Waals surface area contributed by atoms with Gasteiger partial charge in [0.1, 0.15) is 0 Å². The van der Waals surface area contributed by atoms with Crippen LogP contribution in [0.25, 0.3) is 0 Å². The van der Waals surface area contributed by atoms with Crippen LogP contribution in [0.1, 0.15) is 24.5 Å². The monoisotopic (exact) mass is 285 g/mol. The number of ether oxygens (including phenoxy) is 2. The lowest BCUT2D eigenvalue weighted by Crippen LogP contribution is -2.02. The molecule has 0 aliphatic rings. The molecule has 0 radical (unpaired) electrons. The first-order chi connectivity index (χ1) is 10.2. The molecule has 0 spiro atoms. The number of hydrogen-bond acceptors (Lipinski definition) is 3. The fourth-order valence-corrected chi connectivity index (χ4v) is 2.03. The largest absolute Gasteiger partial charge is 0.493 e. The highest BCUT2D eigenvalue weighted by atomic mass is 16.5. The quantitative estimate of drug-likeness (QED) is 0.817. The van der Waals surface area contributed by atoms with Crippen molar-refractivity contribution >= 4 is 5.69 Å². The van der Waals surface area contributed by atoms with E-state index in [0.29, 0.717) is 6.61 Å². The van der Waals surface area contributed by atoms with Gasteiger partial charge in [0.15, 0.2) is 11.5 Å². The van der Waals surface area contributed by atoms with Gasteiger partial charge in [-0.3, -0.25) is 0 Å². The van der Waals surface area contributed by atoms with Gasteiger partial charge >= 0.3 is 0 Å². The maximum atomic E-state index is 5.73. The Balaban J connectivity index is 2.04. The lowest BCUT2D eigenvalue weighted by atomic mass is 10.2. The Hall–Kier alpha value is -2.16. The summed E-state index contributed by atoms with van der Waals surface area (Å²) in [6.45, 7) is 5.64. The van der Waals surface area contributed by atoms with E-state index in [1.807, 2.05) is 12.1 Å². The molecule has 0 atom stereocenters. The highest BCUT2D eigenvalue weighted by Crippen LogP contribution is 2.28. The van der Waals surface area contributed by atoms with Crippen LogP contribution in [-0.2, 0) is 6.54 Å². The van der Waals surface area contributed by atoms with Crippen molar-refractivity contribution in [2.75, 3.05) is 19.0 Å². The molecule has 0 aliphatic heterocycles. The molecule has 0 fully saturated rings. The molecule has 0 bridgehead atoms. The highest BCUT2D eigenvalue weighted by molar-refractivity contribution is 5.47. The van der Waals surface area contributed by atoms with Crippen LogP contribution in [0.15, 0.2) is 42.5 Å². The summed E-state index contributed by atoms with van der Waals surface area (Å²) in [5.74, 6) is 1.59. The second-order valence-corrected chi connectivity index (χ2v) is 5.05. The van der Waals surface area contributed by atoms with Gasteiger partial charge < -0.3 is 14.8 Å². The van der Waals surface area contributed by atoms with Gasteiger partial charge in [-0.25, -0.2) is 0 Å². The van der Waals surface area contributed by atoms with E-state index in [1.54, 1.807) is 7.11 Å². The Morgan fingerprint density at radius 2 is 1.76 bits per heavy atom. The molecule has 0 saturated heterocycles. The Kier molecular flexibility index (Phi) is 5.50. The molecule has 0 unspecified atom stereocenters. The van der Waals surface area contributed by atoms with E-state index in [-0.39, 0.29) is 0 Å². The van der Waals surface area contributed by atoms with E-state index in [4.69, 9.17) is 9.47 Å². The molecule has 2 rings (SSSR count). The summed E-state index contributed by atoms with van der Waals surface area (Å²) in [7, 11) is 1.67. The van der Waals surface area contributed by atoms with E-state index in [9.17, 15) is 0 Å². The summed E-state index contributed by atoms with van der Waals surface area (Å²) in [5, 5.41) is 3.41. The minimum Gasteiger partial charge on any atom is -0.493 e. The second-order valence-electron chi connectivity index (χ2n) is 5.05. The smallest absolute Gasteiger partial charge is 0.161 e. The van der Waals surface area contributed by atoms with Crippen molar-refractivity contribution < 1.29 is 9.47 Å². The molecule has 3 nitrogen and oxygen atoms in total. The zero-order chi connectivity index (χ0) is 15.1. The highest BCUT2D eigenvalue weighted by Gasteiger charge is 2.05. The normalized spacial score (nSPS) is 10.2. The molecule has 0 saturated carbocycles. The average Bonchev–Trinajstić information content (AvgIpc) is 2.52. The minimum atomic E-state index is 0.700. The van der Waals surface area contributed by atoms with Gasteiger partial charge in [0.25, 0.3) is 0 Å². The van der Waals surface area contributed by atoms with Crippen LogP contribution < -0.4 is 14.8 Å². The SMILES string of the molecule is CCCOc1cc(CNc2ccc(C)cc2)ccc1OC. The first kappa shape index (κ1) is 15.2. The van der Waals surface area contributed by atoms with Gasteiger partial charge in [-0.1, -0.05) is 30.7 Å². The number of nitrogens with one attached hydrogen (secondary N) is 1. The summed E-state index contributed by atoms with van der Waals surface area (Å²) in [5.41, 5.74) is 3.55. The number of anilines is 1. The lowest BCUT2D eigenvalue weighted by Gasteiger charge is -2.13. The second kappa shape index (κ2) is 7.58. The van der Waals surface area contributed by atoms with Crippen molar-refractivity contribution in [2.24, 2.45) is 0 Å². The number of benzene rings is 2. The van der Waals surface area contributed by atoms with Crippen LogP contribution in [0.3, 0.4) is 0 Å². The van der Waals surface area contributed by atoms with Crippen molar-refractivity contribution in [1.82, 2.24) is 0 Å². The molecular formula is C18H23NO2. The van der Waals surface area contributed by atoms with E-state index in [1.165, 1.54) is 11.1 Å². The van der Waals surface area contributed by atoms with Crippen LogP contribution in [0, 0.1) is 6.92 Å². The minimum absolute atomic E-state index is 0.700. The number of aryl methyl sites for hydroxylation is 1. The average molecular weight is 285 g/mol. The molecule has 2 aromatic rings. The van der Waals surface area contributed by atoms with Crippen LogP contribution >= 0.6 is 0 Å². The summed E-state index contributed by atoms with van der Waals surface area (Å²) < 4.78 is 11.1. The van der Waals surface area contributed by atoms with Gasteiger partial charge in [0.2, 0.25) is 0 Å². The maximum absolute atomic E-state index is 5.73. The summed E-state index contributed by atoms with van der Waals surface area (Å²) in [6.07, 6.45) is 0.981. The molecule has 1 N–H and O–H groups in total. The van der Waals surface area contributed by atoms with Gasteiger partial charge in [-0.15, -0.1) is 0 Å². The molecule has 0 aliphatic carbocycles. The standard InChI is InChI=1S/C18H23NO2/c1-4-11-21-18-12-15(7-10-17(18)20-3)13-19-16-8-5-14(2)6-9-16/h5-10,12,19H,4,11,13H2,1-3H3.